The number of aliphatic hydroxyl groups is 3. The number of hydrogen-bond donors (Lipinski definition) is 5. The number of nitrogens with two attached hydrogens (primary N) is 1. The number of aliphatic hydroxyl groups excluding tert-OH is 2. The van der Waals surface area contributed by atoms with E-state index in [1.165, 1.54) is 18.0 Å². The highest BCUT2D eigenvalue weighted by Crippen LogP contribution is 2.44. The van der Waals surface area contributed by atoms with Crippen LogP contribution in [0.3, 0.4) is 0 Å². The van der Waals surface area contributed by atoms with Crippen LogP contribution in [0.15, 0.2) is 11.3 Å². The number of nitrogens with one attached hydrogen (secondary N) is 1. The van der Waals surface area contributed by atoms with E-state index in [1.807, 2.05) is 0 Å². The standard InChI is InChI=1S/C12H18FN5O5/c1-11(13)7(20)5(3-19)23-9(11)18-4-15-6-8(18)16-10(14)17-12(6,21)22-2/h4-5,7,9,19-21H,3H2,1-2H3,(H3,14,16,17)/t5-,7-,9-,11-,12?/m1/s1. The average Bonchev–Trinajstić information content (AvgIpc) is 3.00. The Bertz CT molecular complexity index is 650. The molecule has 0 aromatic carbocycles. The summed E-state index contributed by atoms with van der Waals surface area (Å²) in [4.78, 5) is 7.69. The number of rotatable bonds is 3. The van der Waals surface area contributed by atoms with Crippen molar-refractivity contribution in [3.8, 4) is 0 Å². The fourth-order valence-electron chi connectivity index (χ4n) is 2.77. The molecule has 0 amide bonds. The number of aromatic nitrogens is 2. The maximum absolute atomic E-state index is 14.9. The van der Waals surface area contributed by atoms with Crippen molar-refractivity contribution in [2.45, 2.75) is 36.9 Å². The Kier molecular flexibility index (Phi) is 3.57. The molecule has 0 saturated carbocycles. The second-order valence-corrected chi connectivity index (χ2v) is 5.59. The van der Waals surface area contributed by atoms with E-state index in [0.29, 0.717) is 0 Å². The Balaban J connectivity index is 2.05. The minimum absolute atomic E-state index is 0.0319. The molecular weight excluding hydrogens is 313 g/mol. The molecule has 0 bridgehead atoms. The number of nitrogens with zero attached hydrogens (tertiary/aromatic N) is 3. The molecule has 128 valence electrons. The zero-order chi connectivity index (χ0) is 17.0. The minimum atomic E-state index is -2.21. The number of alkyl halides is 1. The van der Waals surface area contributed by atoms with Crippen molar-refractivity contribution in [3.63, 3.8) is 0 Å². The van der Waals surface area contributed by atoms with Gasteiger partial charge < -0.3 is 35.8 Å². The van der Waals surface area contributed by atoms with E-state index in [1.54, 1.807) is 0 Å². The SMILES string of the molecule is COC1(O)N=C(N)Nc2c1ncn2[C@@H]1O[C@H](CO)[C@@H](O)[C@@]1(C)F. The van der Waals surface area contributed by atoms with Crippen molar-refractivity contribution in [2.24, 2.45) is 10.7 Å². The summed E-state index contributed by atoms with van der Waals surface area (Å²) in [6.45, 7) is 0.597. The zero-order valence-electron chi connectivity index (χ0n) is 12.5. The first-order valence-electron chi connectivity index (χ1n) is 6.85. The second kappa shape index (κ2) is 5.11. The number of imidazole rings is 1. The van der Waals surface area contributed by atoms with Gasteiger partial charge in [-0.05, 0) is 6.92 Å². The Morgan fingerprint density at radius 1 is 1.61 bits per heavy atom. The predicted octanol–water partition coefficient (Wildman–Crippen LogP) is -1.65. The van der Waals surface area contributed by atoms with Crippen LogP contribution in [0.5, 0.6) is 0 Å². The van der Waals surface area contributed by atoms with E-state index < -0.39 is 36.6 Å². The third kappa shape index (κ3) is 2.20. The molecular formula is C12H18FN5O5. The fourth-order valence-corrected chi connectivity index (χ4v) is 2.77. The van der Waals surface area contributed by atoms with Gasteiger partial charge in [0.15, 0.2) is 23.6 Å². The maximum Gasteiger partial charge on any atom is 0.319 e. The summed E-state index contributed by atoms with van der Waals surface area (Å²) in [5.41, 5.74) is 3.37. The van der Waals surface area contributed by atoms with Gasteiger partial charge in [-0.1, -0.05) is 0 Å². The van der Waals surface area contributed by atoms with Crippen LogP contribution in [0.25, 0.3) is 0 Å². The molecule has 6 N–H and O–H groups in total. The summed E-state index contributed by atoms with van der Waals surface area (Å²) in [6, 6.07) is 0. The summed E-state index contributed by atoms with van der Waals surface area (Å²) in [7, 11) is 1.21. The van der Waals surface area contributed by atoms with Gasteiger partial charge in [0.1, 0.15) is 18.0 Å². The van der Waals surface area contributed by atoms with Gasteiger partial charge in [-0.15, -0.1) is 0 Å². The molecule has 1 saturated heterocycles. The number of anilines is 1. The number of fused-ring (bicyclic) bond motifs is 1. The largest absolute Gasteiger partial charge is 0.394 e. The van der Waals surface area contributed by atoms with Crippen LogP contribution in [-0.4, -0.2) is 62.4 Å². The lowest BCUT2D eigenvalue weighted by Gasteiger charge is -2.29. The first kappa shape index (κ1) is 16.1. The van der Waals surface area contributed by atoms with Crippen molar-refractivity contribution >= 4 is 11.8 Å². The van der Waals surface area contributed by atoms with Gasteiger partial charge in [-0.3, -0.25) is 4.57 Å². The predicted molar refractivity (Wildman–Crippen MR) is 74.9 cm³/mol. The topological polar surface area (TPSA) is 147 Å². The van der Waals surface area contributed by atoms with Gasteiger partial charge in [0.05, 0.1) is 12.9 Å². The smallest absolute Gasteiger partial charge is 0.319 e. The molecule has 2 aliphatic heterocycles. The van der Waals surface area contributed by atoms with Crippen LogP contribution in [0.1, 0.15) is 18.8 Å². The van der Waals surface area contributed by atoms with Crippen LogP contribution < -0.4 is 11.1 Å². The van der Waals surface area contributed by atoms with Crippen LogP contribution in [-0.2, 0) is 15.4 Å². The molecule has 3 heterocycles. The lowest BCUT2D eigenvalue weighted by molar-refractivity contribution is -0.189. The fraction of sp³-hybridized carbons (Fsp3) is 0.667. The van der Waals surface area contributed by atoms with E-state index in [2.05, 4.69) is 15.3 Å². The Morgan fingerprint density at radius 3 is 2.87 bits per heavy atom. The van der Waals surface area contributed by atoms with Crippen molar-refractivity contribution in [2.75, 3.05) is 19.0 Å². The highest BCUT2D eigenvalue weighted by Gasteiger charge is 2.56. The van der Waals surface area contributed by atoms with E-state index in [4.69, 9.17) is 15.2 Å². The monoisotopic (exact) mass is 331 g/mol. The minimum Gasteiger partial charge on any atom is -0.394 e. The Hall–Kier alpha value is -1.79. The summed E-state index contributed by atoms with van der Waals surface area (Å²) in [6.07, 6.45) is -2.73. The normalized spacial score (nSPS) is 39.7. The van der Waals surface area contributed by atoms with E-state index in [-0.39, 0.29) is 17.5 Å². The van der Waals surface area contributed by atoms with Crippen LogP contribution in [0.2, 0.25) is 0 Å². The van der Waals surface area contributed by atoms with Crippen LogP contribution >= 0.6 is 0 Å². The molecule has 1 fully saturated rings. The third-order valence-corrected chi connectivity index (χ3v) is 4.05. The first-order valence-corrected chi connectivity index (χ1v) is 6.85. The lowest BCUT2D eigenvalue weighted by Crippen LogP contribution is -2.42. The number of guanidine groups is 1. The maximum atomic E-state index is 14.9. The molecule has 23 heavy (non-hydrogen) atoms. The number of ether oxygens (including phenoxy) is 2. The second-order valence-electron chi connectivity index (χ2n) is 5.59. The van der Waals surface area contributed by atoms with Crippen molar-refractivity contribution in [1.29, 1.82) is 0 Å². The molecule has 1 unspecified atom stereocenters. The van der Waals surface area contributed by atoms with E-state index in [0.717, 1.165) is 6.92 Å². The first-order chi connectivity index (χ1) is 10.7. The van der Waals surface area contributed by atoms with E-state index in [9.17, 15) is 19.7 Å². The highest BCUT2D eigenvalue weighted by atomic mass is 19.1. The van der Waals surface area contributed by atoms with Gasteiger partial charge in [-0.25, -0.2) is 9.37 Å². The Labute approximate surface area is 130 Å². The van der Waals surface area contributed by atoms with Gasteiger partial charge >= 0.3 is 5.91 Å². The highest BCUT2D eigenvalue weighted by molar-refractivity contribution is 5.94. The molecule has 0 aliphatic carbocycles. The van der Waals surface area contributed by atoms with Gasteiger partial charge in [0.25, 0.3) is 0 Å². The lowest BCUT2D eigenvalue weighted by atomic mass is 9.98. The number of methoxy groups -OCH3 is 1. The molecule has 11 heteroatoms. The van der Waals surface area contributed by atoms with Gasteiger partial charge in [0.2, 0.25) is 0 Å². The average molecular weight is 331 g/mol. The zero-order valence-corrected chi connectivity index (χ0v) is 12.5. The Morgan fingerprint density at radius 2 is 2.30 bits per heavy atom. The van der Waals surface area contributed by atoms with Gasteiger partial charge in [0, 0.05) is 7.11 Å². The molecule has 10 nitrogen and oxygen atoms in total. The summed E-state index contributed by atoms with van der Waals surface area (Å²) >= 11 is 0. The van der Waals surface area contributed by atoms with Crippen molar-refractivity contribution < 1.29 is 29.2 Å². The molecule has 1 aromatic rings. The van der Waals surface area contributed by atoms with Gasteiger partial charge in [-0.2, -0.15) is 4.99 Å². The van der Waals surface area contributed by atoms with Crippen LogP contribution in [0.4, 0.5) is 10.2 Å². The molecule has 0 radical (unpaired) electrons. The van der Waals surface area contributed by atoms with Crippen molar-refractivity contribution in [1.82, 2.24) is 9.55 Å². The number of halogens is 1. The summed E-state index contributed by atoms with van der Waals surface area (Å²) < 4.78 is 26.4. The van der Waals surface area contributed by atoms with Crippen LogP contribution in [0, 0.1) is 0 Å². The molecule has 2 aliphatic rings. The quantitative estimate of drug-likeness (QED) is 0.414. The van der Waals surface area contributed by atoms with E-state index >= 15 is 0 Å². The third-order valence-electron chi connectivity index (χ3n) is 4.05. The molecule has 5 atom stereocenters. The summed E-state index contributed by atoms with van der Waals surface area (Å²) in [5, 5.41) is 32.1. The molecule has 3 rings (SSSR count). The van der Waals surface area contributed by atoms with Crippen molar-refractivity contribution in [3.05, 3.63) is 12.0 Å². The summed E-state index contributed by atoms with van der Waals surface area (Å²) in [5.74, 6) is -2.17. The molecule has 1 aromatic heterocycles. The number of aliphatic imine (C=N–C) groups is 1. The molecule has 0 spiro atoms. The number of hydrogen-bond acceptors (Lipinski definition) is 9.